The van der Waals surface area contributed by atoms with Gasteiger partial charge in [0.2, 0.25) is 0 Å². The van der Waals surface area contributed by atoms with Gasteiger partial charge in [0, 0.05) is 18.0 Å². The van der Waals surface area contributed by atoms with E-state index < -0.39 is 5.91 Å². The molecule has 1 aliphatic rings. The molecule has 2 aromatic carbocycles. The Balaban J connectivity index is 1.54. The second kappa shape index (κ2) is 7.61. The summed E-state index contributed by atoms with van der Waals surface area (Å²) in [5.74, 6) is 2.42. The molecule has 6 heteroatoms. The van der Waals surface area contributed by atoms with Gasteiger partial charge in [-0.05, 0) is 49.1 Å². The number of rotatable bonds is 8. The topological polar surface area (TPSA) is 83.0 Å². The Morgan fingerprint density at radius 2 is 1.85 bits per heavy atom. The van der Waals surface area contributed by atoms with E-state index in [0.29, 0.717) is 11.7 Å². The molecule has 0 radical (unpaired) electrons. The van der Waals surface area contributed by atoms with Gasteiger partial charge < -0.3 is 10.5 Å². The Morgan fingerprint density at radius 3 is 2.52 bits per heavy atom. The third-order valence-electron chi connectivity index (χ3n) is 4.58. The Bertz CT molecular complexity index is 915. The van der Waals surface area contributed by atoms with Crippen LogP contribution in [-0.2, 0) is 17.8 Å². The Kier molecular flexibility index (Phi) is 4.87. The summed E-state index contributed by atoms with van der Waals surface area (Å²) >= 11 is 0. The minimum absolute atomic E-state index is 0.127. The summed E-state index contributed by atoms with van der Waals surface area (Å²) in [7, 11) is 0. The predicted molar refractivity (Wildman–Crippen MR) is 102 cm³/mol. The number of ether oxygens (including phenoxy) is 1. The van der Waals surface area contributed by atoms with E-state index in [9.17, 15) is 4.79 Å². The van der Waals surface area contributed by atoms with Crippen LogP contribution < -0.4 is 10.5 Å². The zero-order valence-electron chi connectivity index (χ0n) is 15.0. The third kappa shape index (κ3) is 4.34. The van der Waals surface area contributed by atoms with Gasteiger partial charge in [0.05, 0.1) is 0 Å². The summed E-state index contributed by atoms with van der Waals surface area (Å²) in [5.41, 5.74) is 7.37. The normalized spacial score (nSPS) is 13.5. The van der Waals surface area contributed by atoms with E-state index in [-0.39, 0.29) is 6.61 Å². The van der Waals surface area contributed by atoms with Crippen molar-refractivity contribution in [3.05, 3.63) is 66.0 Å². The maximum Gasteiger partial charge on any atom is 0.255 e. The van der Waals surface area contributed by atoms with Crippen LogP contribution in [0.3, 0.4) is 0 Å². The average molecular weight is 362 g/mol. The lowest BCUT2D eigenvalue weighted by atomic mass is 10.1. The Hall–Kier alpha value is -3.15. The van der Waals surface area contributed by atoms with E-state index >= 15 is 0 Å². The molecule has 1 aliphatic carbocycles. The number of primary amides is 1. The SMILES string of the molecule is NC(=O)COc1ccc(-c2nc(C3CC3)nn2CCc2ccccc2)cc1. The van der Waals surface area contributed by atoms with Crippen molar-refractivity contribution >= 4 is 5.91 Å². The fraction of sp³-hybridized carbons (Fsp3) is 0.286. The first-order valence-corrected chi connectivity index (χ1v) is 9.19. The standard InChI is InChI=1S/C21H22N4O2/c22-19(26)14-27-18-10-8-17(9-11-18)21-23-20(16-6-7-16)24-25(21)13-12-15-4-2-1-3-5-15/h1-5,8-11,16H,6-7,12-14H2,(H2,22,26). The first kappa shape index (κ1) is 17.3. The second-order valence-corrected chi connectivity index (χ2v) is 6.81. The van der Waals surface area contributed by atoms with Crippen molar-refractivity contribution in [1.29, 1.82) is 0 Å². The average Bonchev–Trinajstić information content (AvgIpc) is 3.46. The van der Waals surface area contributed by atoms with Crippen LogP contribution in [0, 0.1) is 0 Å². The molecule has 27 heavy (non-hydrogen) atoms. The van der Waals surface area contributed by atoms with E-state index in [2.05, 4.69) is 24.3 Å². The number of benzene rings is 2. The van der Waals surface area contributed by atoms with Crippen LogP contribution in [0.2, 0.25) is 0 Å². The van der Waals surface area contributed by atoms with E-state index in [1.54, 1.807) is 0 Å². The van der Waals surface area contributed by atoms with Gasteiger partial charge in [0.1, 0.15) is 5.75 Å². The van der Waals surface area contributed by atoms with E-state index in [1.807, 2.05) is 35.0 Å². The molecule has 4 rings (SSSR count). The minimum atomic E-state index is -0.492. The number of aromatic nitrogens is 3. The fourth-order valence-corrected chi connectivity index (χ4v) is 2.98. The molecular formula is C21H22N4O2. The lowest BCUT2D eigenvalue weighted by Crippen LogP contribution is -2.19. The minimum Gasteiger partial charge on any atom is -0.484 e. The summed E-state index contributed by atoms with van der Waals surface area (Å²) in [5, 5.41) is 4.76. The van der Waals surface area contributed by atoms with Gasteiger partial charge in [-0.1, -0.05) is 30.3 Å². The quantitative estimate of drug-likeness (QED) is 0.668. The highest BCUT2D eigenvalue weighted by Crippen LogP contribution is 2.39. The number of carbonyl (C=O) groups excluding carboxylic acids is 1. The van der Waals surface area contributed by atoms with Crippen molar-refractivity contribution in [3.8, 4) is 17.1 Å². The molecule has 0 unspecified atom stereocenters. The molecule has 1 heterocycles. The molecule has 0 aliphatic heterocycles. The van der Waals surface area contributed by atoms with Gasteiger partial charge in [-0.15, -0.1) is 0 Å². The van der Waals surface area contributed by atoms with Crippen molar-refractivity contribution in [2.24, 2.45) is 5.73 Å². The molecule has 138 valence electrons. The zero-order chi connectivity index (χ0) is 18.6. The molecule has 1 amide bonds. The summed E-state index contributed by atoms with van der Waals surface area (Å²) in [6.07, 6.45) is 3.24. The van der Waals surface area contributed by atoms with Gasteiger partial charge in [0.15, 0.2) is 18.3 Å². The third-order valence-corrected chi connectivity index (χ3v) is 4.58. The van der Waals surface area contributed by atoms with Crippen molar-refractivity contribution in [2.75, 3.05) is 6.61 Å². The molecule has 6 nitrogen and oxygen atoms in total. The number of hydrogen-bond donors (Lipinski definition) is 1. The van der Waals surface area contributed by atoms with Gasteiger partial charge >= 0.3 is 0 Å². The highest BCUT2D eigenvalue weighted by atomic mass is 16.5. The first-order valence-electron chi connectivity index (χ1n) is 9.19. The Morgan fingerprint density at radius 1 is 1.11 bits per heavy atom. The number of aryl methyl sites for hydroxylation is 2. The van der Waals surface area contributed by atoms with Crippen molar-refractivity contribution < 1.29 is 9.53 Å². The van der Waals surface area contributed by atoms with Crippen LogP contribution in [0.25, 0.3) is 11.4 Å². The molecule has 1 aromatic heterocycles. The van der Waals surface area contributed by atoms with E-state index in [4.69, 9.17) is 20.6 Å². The van der Waals surface area contributed by atoms with E-state index in [0.717, 1.165) is 30.2 Å². The van der Waals surface area contributed by atoms with Crippen LogP contribution >= 0.6 is 0 Å². The number of hydrogen-bond acceptors (Lipinski definition) is 4. The Labute approximate surface area is 158 Å². The largest absolute Gasteiger partial charge is 0.484 e. The van der Waals surface area contributed by atoms with Crippen LogP contribution in [0.15, 0.2) is 54.6 Å². The molecule has 0 bridgehead atoms. The molecule has 0 atom stereocenters. The lowest BCUT2D eigenvalue weighted by Gasteiger charge is -2.08. The van der Waals surface area contributed by atoms with Gasteiger partial charge in [-0.2, -0.15) is 5.10 Å². The number of nitrogens with two attached hydrogens (primary N) is 1. The first-order chi connectivity index (χ1) is 13.2. The van der Waals surface area contributed by atoms with Gasteiger partial charge in [-0.25, -0.2) is 9.67 Å². The molecule has 0 saturated heterocycles. The van der Waals surface area contributed by atoms with Gasteiger partial charge in [-0.3, -0.25) is 4.79 Å². The molecular weight excluding hydrogens is 340 g/mol. The zero-order valence-corrected chi connectivity index (χ0v) is 15.0. The van der Waals surface area contributed by atoms with Crippen molar-refractivity contribution in [3.63, 3.8) is 0 Å². The molecule has 1 fully saturated rings. The van der Waals surface area contributed by atoms with Crippen LogP contribution in [0.5, 0.6) is 5.75 Å². The van der Waals surface area contributed by atoms with Crippen molar-refractivity contribution in [1.82, 2.24) is 14.8 Å². The van der Waals surface area contributed by atoms with Crippen LogP contribution in [0.4, 0.5) is 0 Å². The second-order valence-electron chi connectivity index (χ2n) is 6.81. The summed E-state index contributed by atoms with van der Waals surface area (Å²) in [4.78, 5) is 15.6. The predicted octanol–water partition coefficient (Wildman–Crippen LogP) is 2.93. The maximum absolute atomic E-state index is 10.8. The van der Waals surface area contributed by atoms with Crippen LogP contribution in [-0.4, -0.2) is 27.3 Å². The molecule has 1 saturated carbocycles. The number of amides is 1. The van der Waals surface area contributed by atoms with E-state index in [1.165, 1.54) is 18.4 Å². The molecule has 0 spiro atoms. The summed E-state index contributed by atoms with van der Waals surface area (Å²) in [6.45, 7) is 0.650. The highest BCUT2D eigenvalue weighted by Gasteiger charge is 2.29. The molecule has 2 N–H and O–H groups in total. The number of carbonyl (C=O) groups is 1. The summed E-state index contributed by atoms with van der Waals surface area (Å²) < 4.78 is 7.33. The highest BCUT2D eigenvalue weighted by molar-refractivity contribution is 5.75. The monoisotopic (exact) mass is 362 g/mol. The maximum atomic E-state index is 10.8. The fourth-order valence-electron chi connectivity index (χ4n) is 2.98. The van der Waals surface area contributed by atoms with Crippen LogP contribution in [0.1, 0.15) is 30.1 Å². The lowest BCUT2D eigenvalue weighted by molar-refractivity contribution is -0.119. The van der Waals surface area contributed by atoms with Gasteiger partial charge in [0.25, 0.3) is 5.91 Å². The number of nitrogens with zero attached hydrogens (tertiary/aromatic N) is 3. The van der Waals surface area contributed by atoms with Crippen molar-refractivity contribution in [2.45, 2.75) is 31.7 Å². The summed E-state index contributed by atoms with van der Waals surface area (Å²) in [6, 6.07) is 17.9. The smallest absolute Gasteiger partial charge is 0.255 e. The molecule has 3 aromatic rings.